The number of dihydropyridines is 1. The van der Waals surface area contributed by atoms with Gasteiger partial charge in [0.2, 0.25) is 5.75 Å². The van der Waals surface area contributed by atoms with Gasteiger partial charge in [-0.15, -0.1) is 0 Å². The average molecular weight is 1130 g/mol. The summed E-state index contributed by atoms with van der Waals surface area (Å²) in [5, 5.41) is 50.9. The molecule has 14 nitrogen and oxygen atoms in total. The molecule has 84 heavy (non-hydrogen) atoms. The SMILES string of the molecule is COc1cc(C2CC(=O)CC(OC(C)=O)CCC34Cc5c[nH]cc5C(C#CCC3=CC=CC4C)C(c3cccc(O)c3)C3=CCNC(=C3)N(CCC(=O)C3CCCCC3)c3ccc4c5c(n2cc35)CCC4O)cc(O)c1Oc1cccc(O)c1. The summed E-state index contributed by atoms with van der Waals surface area (Å²) in [5.41, 5.74) is 7.71. The van der Waals surface area contributed by atoms with Gasteiger partial charge >= 0.3 is 5.97 Å². The van der Waals surface area contributed by atoms with Gasteiger partial charge in [0.15, 0.2) is 11.5 Å². The molecular weight excluding hydrogens is 1060 g/mol. The number of methoxy groups -OCH3 is 1. The van der Waals surface area contributed by atoms with E-state index in [1.807, 2.05) is 24.3 Å². The molecule has 4 aliphatic carbocycles. The number of nitrogens with zero attached hydrogens (tertiary/aromatic N) is 2. The Balaban J connectivity index is 1.08. The fourth-order valence-electron chi connectivity index (χ4n) is 14.6. The molecule has 0 radical (unpaired) electrons. The molecule has 0 saturated heterocycles. The minimum absolute atomic E-state index is 0.00912. The number of aliphatic hydroxyl groups is 1. The summed E-state index contributed by atoms with van der Waals surface area (Å²) >= 11 is 0. The van der Waals surface area contributed by atoms with Crippen LogP contribution in [0.1, 0.15) is 148 Å². The number of anilines is 1. The highest BCUT2D eigenvalue weighted by atomic mass is 16.5. The van der Waals surface area contributed by atoms with Crippen LogP contribution in [-0.2, 0) is 32.0 Å². The van der Waals surface area contributed by atoms with Gasteiger partial charge in [-0.25, -0.2) is 0 Å². The average Bonchev–Trinajstić information content (AvgIpc) is 4.34. The molecule has 12 rings (SSSR count). The summed E-state index contributed by atoms with van der Waals surface area (Å²) in [6.45, 7) is 4.42. The lowest BCUT2D eigenvalue weighted by Crippen LogP contribution is -2.37. The van der Waals surface area contributed by atoms with Crippen LogP contribution in [0.15, 0.2) is 139 Å². The number of hydrogen-bond acceptors (Lipinski definition) is 12. The van der Waals surface area contributed by atoms with Crippen LogP contribution in [0.3, 0.4) is 0 Å². The maximum Gasteiger partial charge on any atom is 0.302 e. The second-order valence-corrected chi connectivity index (χ2v) is 23.9. The number of ketones is 2. The fourth-order valence-corrected chi connectivity index (χ4v) is 14.6. The molecule has 0 amide bonds. The number of rotatable bonds is 10. The maximum absolute atomic E-state index is 15.4. The van der Waals surface area contributed by atoms with Crippen molar-refractivity contribution in [1.82, 2.24) is 14.9 Å². The van der Waals surface area contributed by atoms with E-state index in [0.717, 1.165) is 87.9 Å². The van der Waals surface area contributed by atoms with Gasteiger partial charge in [0.1, 0.15) is 40.7 Å². The van der Waals surface area contributed by atoms with Crippen molar-refractivity contribution in [2.24, 2.45) is 17.3 Å². The van der Waals surface area contributed by atoms with Crippen LogP contribution in [0, 0.1) is 29.1 Å². The van der Waals surface area contributed by atoms with E-state index >= 15 is 4.79 Å². The number of aromatic amines is 1. The Morgan fingerprint density at radius 3 is 2.52 bits per heavy atom. The monoisotopic (exact) mass is 1130 g/mol. The highest BCUT2D eigenvalue weighted by Crippen LogP contribution is 2.53. The maximum atomic E-state index is 15.4. The minimum atomic E-state index is -0.781. The Hall–Kier alpha value is -8.41. The van der Waals surface area contributed by atoms with Gasteiger partial charge in [-0.05, 0) is 133 Å². The predicted molar refractivity (Wildman–Crippen MR) is 322 cm³/mol. The normalized spacial score (nSPS) is 24.4. The van der Waals surface area contributed by atoms with Crippen molar-refractivity contribution < 1.29 is 49.0 Å². The van der Waals surface area contributed by atoms with Crippen molar-refractivity contribution >= 4 is 34.0 Å². The molecular formula is C70H74N4O10. The largest absolute Gasteiger partial charge is 0.508 e. The number of phenolic OH excluding ortho intramolecular Hbond substituents is 3. The third-order valence-electron chi connectivity index (χ3n) is 18.8. The van der Waals surface area contributed by atoms with Crippen molar-refractivity contribution in [2.75, 3.05) is 25.1 Å². The van der Waals surface area contributed by atoms with Crippen molar-refractivity contribution in [3.63, 3.8) is 0 Å². The summed E-state index contributed by atoms with van der Waals surface area (Å²) in [7, 11) is 1.48. The number of phenols is 3. The van der Waals surface area contributed by atoms with Crippen molar-refractivity contribution in [2.45, 2.75) is 134 Å². The minimum Gasteiger partial charge on any atom is -0.508 e. The molecule has 434 valence electrons. The molecule has 2 aromatic heterocycles. The number of Topliss-reactive ketones (excluding diaryl/α,β-unsaturated/α-hetero) is 2. The molecule has 1 saturated carbocycles. The first-order valence-electron chi connectivity index (χ1n) is 29.9. The predicted octanol–water partition coefficient (Wildman–Crippen LogP) is 12.9. The molecule has 4 heterocycles. The molecule has 6 aliphatic rings. The van der Waals surface area contributed by atoms with E-state index in [1.54, 1.807) is 30.3 Å². The van der Waals surface area contributed by atoms with Crippen LogP contribution in [0.25, 0.3) is 10.8 Å². The van der Waals surface area contributed by atoms with Crippen molar-refractivity contribution in [1.29, 1.82) is 0 Å². The summed E-state index contributed by atoms with van der Waals surface area (Å²) in [6.07, 6.45) is 23.6. The van der Waals surface area contributed by atoms with Crippen molar-refractivity contribution in [3.05, 3.63) is 172 Å². The molecule has 6 aromatic rings. The van der Waals surface area contributed by atoms with Gasteiger partial charge in [0.25, 0.3) is 0 Å². The molecule has 7 atom stereocenters. The highest BCUT2D eigenvalue weighted by molar-refractivity contribution is 6.00. The lowest BCUT2D eigenvalue weighted by Gasteiger charge is -2.43. The Labute approximate surface area is 490 Å². The first-order chi connectivity index (χ1) is 40.7. The van der Waals surface area contributed by atoms with Gasteiger partial charge in [0, 0.05) is 104 Å². The van der Waals surface area contributed by atoms with E-state index in [-0.39, 0.29) is 82.6 Å². The second kappa shape index (κ2) is 23.7. The zero-order valence-corrected chi connectivity index (χ0v) is 48.0. The van der Waals surface area contributed by atoms with Crippen LogP contribution in [0.4, 0.5) is 5.69 Å². The second-order valence-electron chi connectivity index (χ2n) is 23.9. The summed E-state index contributed by atoms with van der Waals surface area (Å²) in [4.78, 5) is 48.7. The molecule has 6 bridgehead atoms. The summed E-state index contributed by atoms with van der Waals surface area (Å²) in [6, 6.07) is 20.3. The molecule has 14 heteroatoms. The Kier molecular flexibility index (Phi) is 15.8. The van der Waals surface area contributed by atoms with E-state index in [4.69, 9.17) is 14.2 Å². The summed E-state index contributed by atoms with van der Waals surface area (Å²) < 4.78 is 20.4. The Bertz CT molecular complexity index is 3730. The molecule has 1 spiro atoms. The van der Waals surface area contributed by atoms with Crippen LogP contribution in [0.2, 0.25) is 0 Å². The number of carbonyl (C=O) groups is 3. The van der Waals surface area contributed by atoms with Crippen LogP contribution < -0.4 is 19.7 Å². The Morgan fingerprint density at radius 1 is 0.905 bits per heavy atom. The van der Waals surface area contributed by atoms with Gasteiger partial charge < -0.3 is 54.4 Å². The molecule has 6 N–H and O–H groups in total. The third-order valence-corrected chi connectivity index (χ3v) is 18.8. The Morgan fingerprint density at radius 2 is 1.73 bits per heavy atom. The number of H-pyrrole nitrogens is 1. The fraction of sp³-hybridized carbons (Fsp3) is 0.386. The van der Waals surface area contributed by atoms with Crippen LogP contribution in [0.5, 0.6) is 34.5 Å². The first kappa shape index (κ1) is 56.1. The number of aromatic nitrogens is 2. The zero-order chi connectivity index (χ0) is 58.2. The number of fused-ring (bicyclic) bond motifs is 3. The van der Waals surface area contributed by atoms with Crippen molar-refractivity contribution in [3.8, 4) is 46.3 Å². The highest BCUT2D eigenvalue weighted by Gasteiger charge is 2.43. The third kappa shape index (κ3) is 11.0. The van der Waals surface area contributed by atoms with E-state index in [2.05, 4.69) is 93.6 Å². The van der Waals surface area contributed by atoms with Crippen LogP contribution >= 0.6 is 0 Å². The number of hydrogen-bond donors (Lipinski definition) is 6. The van der Waals surface area contributed by atoms with Crippen LogP contribution in [-0.4, -0.2) is 73.8 Å². The number of aromatic hydroxyl groups is 3. The quantitative estimate of drug-likeness (QED) is 0.0562. The van der Waals surface area contributed by atoms with E-state index in [0.29, 0.717) is 63.6 Å². The number of benzene rings is 4. The number of esters is 1. The number of aryl methyl sites for hydroxylation is 1. The van der Waals surface area contributed by atoms with Gasteiger partial charge in [0.05, 0.1) is 30.9 Å². The number of carbonyl (C=O) groups excluding carboxylic acids is 3. The molecule has 2 aliphatic heterocycles. The summed E-state index contributed by atoms with van der Waals surface area (Å²) in [5.74, 6) is 7.52. The molecule has 7 unspecified atom stereocenters. The number of ether oxygens (including phenoxy) is 3. The number of nitrogens with one attached hydrogen (secondary N) is 2. The van der Waals surface area contributed by atoms with Gasteiger partial charge in [-0.3, -0.25) is 14.4 Å². The number of aliphatic hydroxyl groups excluding tert-OH is 1. The van der Waals surface area contributed by atoms with E-state index < -0.39 is 29.6 Å². The standard InChI is InChI=1S/C70H74N4O10/c1-42-11-7-15-49-16-9-20-55-57-40-71-39-48(57)38-70(42,49)28-25-54(83-43(2)75)36-52(78)37-61(47-32-64(81)69(65(33-47)82-3)84-53-19-10-18-51(77)35-53)74-41-58-59(22-21-56-63(80)24-23-60(74)68(56)58)73(30-27-62(79)44-12-5-4-6-13-44)66-34-46(26-29-72-66)67(55)45-14-8-17-50(76)31-45/h7-8,10-11,14-15,17-19,21-22,26,31-35,39-42,44,54-55,61,63,67,71-72,76-77,80-81H,4-6,12-13,16,23-25,27-30,36-38H2,1-3H3. The lowest BCUT2D eigenvalue weighted by molar-refractivity contribution is -0.148. The topological polar surface area (TPSA) is 196 Å². The smallest absolute Gasteiger partial charge is 0.302 e. The van der Waals surface area contributed by atoms with E-state index in [1.165, 1.54) is 31.7 Å². The zero-order valence-electron chi connectivity index (χ0n) is 48.0. The van der Waals surface area contributed by atoms with Gasteiger partial charge in [-0.2, -0.15) is 0 Å². The molecule has 1 fully saturated rings. The molecule has 4 aromatic carbocycles. The first-order valence-corrected chi connectivity index (χ1v) is 29.9. The number of allylic oxidation sites excluding steroid dienone is 6. The van der Waals surface area contributed by atoms with Gasteiger partial charge in [-0.1, -0.05) is 92.2 Å². The van der Waals surface area contributed by atoms with E-state index in [9.17, 15) is 30.0 Å². The lowest BCUT2D eigenvalue weighted by atomic mass is 9.61.